The number of fused-ring (bicyclic) bond motifs is 5. The van der Waals surface area contributed by atoms with Crippen molar-refractivity contribution in [3.63, 3.8) is 0 Å². The van der Waals surface area contributed by atoms with Gasteiger partial charge in [-0.2, -0.15) is 0 Å². The average Bonchev–Trinajstić information content (AvgIpc) is 3.05. The van der Waals surface area contributed by atoms with Crippen LogP contribution in [0.4, 0.5) is 0 Å². The molecule has 1 N–H and O–H groups in total. The summed E-state index contributed by atoms with van der Waals surface area (Å²) in [5, 5.41) is 9.12. The summed E-state index contributed by atoms with van der Waals surface area (Å²) in [6.45, 7) is 8.78. The Bertz CT molecular complexity index is 797. The molecule has 0 heterocycles. The first-order valence-electron chi connectivity index (χ1n) is 12.5. The molecule has 0 aromatic rings. The number of carboxylic acid groups (broad SMARTS) is 1. The molecule has 4 heteroatoms. The van der Waals surface area contributed by atoms with Crippen molar-refractivity contribution in [3.8, 4) is 0 Å². The Morgan fingerprint density at radius 3 is 2.48 bits per heavy atom. The number of Topliss-reactive ketones (excluding diaryl/α,β-unsaturated/α-hetero) is 1. The van der Waals surface area contributed by atoms with Crippen LogP contribution in [-0.2, 0) is 14.4 Å². The van der Waals surface area contributed by atoms with E-state index in [4.69, 9.17) is 5.11 Å². The van der Waals surface area contributed by atoms with E-state index in [9.17, 15) is 14.4 Å². The molecule has 0 radical (unpaired) electrons. The largest absolute Gasteiger partial charge is 0.481 e. The van der Waals surface area contributed by atoms with Crippen LogP contribution in [0.15, 0.2) is 11.6 Å². The van der Waals surface area contributed by atoms with E-state index in [-0.39, 0.29) is 17.6 Å². The fourth-order valence-electron chi connectivity index (χ4n) is 8.55. The normalized spacial score (nSPS) is 41.4. The molecule has 0 bridgehead atoms. The molecule has 0 saturated heterocycles. The maximum Gasteiger partial charge on any atom is 0.306 e. The van der Waals surface area contributed by atoms with Crippen LogP contribution >= 0.6 is 0 Å². The lowest BCUT2D eigenvalue weighted by Crippen LogP contribution is -2.51. The minimum atomic E-state index is -0.879. The van der Waals surface area contributed by atoms with Gasteiger partial charge in [-0.25, -0.2) is 0 Å². The second kappa shape index (κ2) is 8.15. The first kappa shape index (κ1) is 22.7. The maximum atomic E-state index is 12.5. The van der Waals surface area contributed by atoms with E-state index in [0.717, 1.165) is 24.7 Å². The number of rotatable bonds is 6. The van der Waals surface area contributed by atoms with Crippen LogP contribution in [0, 0.1) is 46.3 Å². The highest BCUT2D eigenvalue weighted by molar-refractivity contribution is 5.91. The minimum Gasteiger partial charge on any atom is -0.481 e. The third kappa shape index (κ3) is 3.82. The molecule has 0 aliphatic heterocycles. The number of hydrogen-bond acceptors (Lipinski definition) is 3. The van der Waals surface area contributed by atoms with Crippen molar-refractivity contribution >= 4 is 17.5 Å². The Morgan fingerprint density at radius 2 is 1.77 bits per heavy atom. The Kier molecular flexibility index (Phi) is 5.98. The van der Waals surface area contributed by atoms with Crippen molar-refractivity contribution in [1.29, 1.82) is 0 Å². The van der Waals surface area contributed by atoms with E-state index in [1.807, 2.05) is 6.08 Å². The Hall–Kier alpha value is -1.45. The van der Waals surface area contributed by atoms with Crippen molar-refractivity contribution < 1.29 is 19.5 Å². The molecular formula is C27H40O4. The summed E-state index contributed by atoms with van der Waals surface area (Å²) in [6.07, 6.45) is 11.6. The van der Waals surface area contributed by atoms with E-state index in [1.54, 1.807) is 6.92 Å². The molecular weight excluding hydrogens is 388 g/mol. The Morgan fingerprint density at radius 1 is 1.03 bits per heavy atom. The Labute approximate surface area is 187 Å². The van der Waals surface area contributed by atoms with Gasteiger partial charge in [-0.15, -0.1) is 0 Å². The topological polar surface area (TPSA) is 71.4 Å². The zero-order valence-corrected chi connectivity index (χ0v) is 19.8. The fraction of sp³-hybridized carbons (Fsp3) is 0.815. The first-order valence-corrected chi connectivity index (χ1v) is 12.5. The lowest BCUT2D eigenvalue weighted by molar-refractivity contribution is -0.143. The molecule has 4 aliphatic rings. The van der Waals surface area contributed by atoms with Gasteiger partial charge < -0.3 is 5.11 Å². The molecule has 4 rings (SSSR count). The van der Waals surface area contributed by atoms with Crippen molar-refractivity contribution in [2.75, 3.05) is 0 Å². The highest BCUT2D eigenvalue weighted by Gasteiger charge is 2.59. The summed E-state index contributed by atoms with van der Waals surface area (Å²) in [5.74, 6) is 2.01. The molecule has 4 aliphatic carbocycles. The van der Waals surface area contributed by atoms with E-state index in [1.165, 1.54) is 37.7 Å². The lowest BCUT2D eigenvalue weighted by atomic mass is 9.46. The molecule has 0 aromatic heterocycles. The molecule has 0 spiro atoms. The molecule has 0 aromatic carbocycles. The van der Waals surface area contributed by atoms with Crippen LogP contribution in [0.1, 0.15) is 91.9 Å². The summed E-state index contributed by atoms with van der Waals surface area (Å²) < 4.78 is 0. The smallest absolute Gasteiger partial charge is 0.306 e. The molecule has 31 heavy (non-hydrogen) atoms. The number of carbonyl (C=O) groups is 3. The summed E-state index contributed by atoms with van der Waals surface area (Å²) in [7, 11) is 0. The third-order valence-corrected chi connectivity index (χ3v) is 10.2. The lowest BCUT2D eigenvalue weighted by Gasteiger charge is -2.58. The first-order chi connectivity index (χ1) is 14.6. The molecule has 3 fully saturated rings. The highest BCUT2D eigenvalue weighted by atomic mass is 16.4. The van der Waals surface area contributed by atoms with E-state index in [2.05, 4.69) is 20.8 Å². The number of hydrogen-bond donors (Lipinski definition) is 1. The van der Waals surface area contributed by atoms with Gasteiger partial charge in [0.05, 0.1) is 5.92 Å². The van der Waals surface area contributed by atoms with E-state index >= 15 is 0 Å². The maximum absolute atomic E-state index is 12.5. The zero-order chi connectivity index (χ0) is 22.6. The number of carbonyl (C=O) groups excluding carboxylic acids is 2. The number of allylic oxidation sites excluding steroid dienone is 1. The number of carboxylic acids is 1. The van der Waals surface area contributed by atoms with Crippen LogP contribution in [0.3, 0.4) is 0 Å². The minimum absolute atomic E-state index is 0.106. The van der Waals surface area contributed by atoms with Crippen LogP contribution in [0.5, 0.6) is 0 Å². The van der Waals surface area contributed by atoms with Crippen LogP contribution in [0.2, 0.25) is 0 Å². The predicted octanol–water partition coefficient (Wildman–Crippen LogP) is 5.84. The van der Waals surface area contributed by atoms with Crippen LogP contribution in [-0.4, -0.2) is 22.6 Å². The monoisotopic (exact) mass is 428 g/mol. The summed E-state index contributed by atoms with van der Waals surface area (Å²) in [5.41, 5.74) is 1.93. The number of ketones is 2. The standard InChI is InChI=1S/C27H40O4/c1-16(13-20(29)14-17(2)25(30)31)22-7-8-23-21-6-5-18-15-19(28)9-11-26(18,3)24(21)10-12-27(22,23)4/h15-17,21-24H,5-14H2,1-4H3,(H,30,31)/t16-,17?,21+,22-,23+,24+,26+,27-/m1/s1. The van der Waals surface area contributed by atoms with Crippen molar-refractivity contribution in [3.05, 3.63) is 11.6 Å². The molecule has 8 atom stereocenters. The fourth-order valence-corrected chi connectivity index (χ4v) is 8.55. The summed E-state index contributed by atoms with van der Waals surface area (Å²) >= 11 is 0. The van der Waals surface area contributed by atoms with Gasteiger partial charge in [-0.05, 0) is 91.4 Å². The van der Waals surface area contributed by atoms with Gasteiger partial charge in [-0.3, -0.25) is 14.4 Å². The third-order valence-electron chi connectivity index (χ3n) is 10.2. The number of aliphatic carboxylic acids is 1. The Balaban J connectivity index is 1.47. The quantitative estimate of drug-likeness (QED) is 0.577. The second-order valence-electron chi connectivity index (χ2n) is 11.9. The molecule has 4 nitrogen and oxygen atoms in total. The van der Waals surface area contributed by atoms with Gasteiger partial charge >= 0.3 is 5.97 Å². The van der Waals surface area contributed by atoms with E-state index in [0.29, 0.717) is 41.8 Å². The summed E-state index contributed by atoms with van der Waals surface area (Å²) in [4.78, 5) is 35.7. The second-order valence-corrected chi connectivity index (χ2v) is 11.9. The van der Waals surface area contributed by atoms with Gasteiger partial charge in [0.15, 0.2) is 5.78 Å². The highest BCUT2D eigenvalue weighted by Crippen LogP contribution is 2.67. The van der Waals surface area contributed by atoms with Crippen LogP contribution < -0.4 is 0 Å². The van der Waals surface area contributed by atoms with Crippen molar-refractivity contribution in [2.24, 2.45) is 46.3 Å². The van der Waals surface area contributed by atoms with Crippen molar-refractivity contribution in [1.82, 2.24) is 0 Å². The summed E-state index contributed by atoms with van der Waals surface area (Å²) in [6, 6.07) is 0. The van der Waals surface area contributed by atoms with E-state index < -0.39 is 11.9 Å². The molecule has 1 unspecified atom stereocenters. The zero-order valence-electron chi connectivity index (χ0n) is 19.8. The van der Waals surface area contributed by atoms with Crippen LogP contribution in [0.25, 0.3) is 0 Å². The molecule has 0 amide bonds. The van der Waals surface area contributed by atoms with Gasteiger partial charge in [0.25, 0.3) is 0 Å². The van der Waals surface area contributed by atoms with Gasteiger partial charge in [0.1, 0.15) is 5.78 Å². The van der Waals surface area contributed by atoms with Crippen molar-refractivity contribution in [2.45, 2.75) is 91.9 Å². The van der Waals surface area contributed by atoms with Gasteiger partial charge in [0, 0.05) is 19.3 Å². The average molecular weight is 429 g/mol. The molecule has 3 saturated carbocycles. The predicted molar refractivity (Wildman–Crippen MR) is 120 cm³/mol. The molecule has 172 valence electrons. The SMILES string of the molecule is CC(CC(=O)C[C@@H](C)[C@H]1CC[C@H]2[C@@H]3CCC4=CC(=O)CC[C@]4(C)[C@H]3CC[C@]12C)C(=O)O. The van der Waals surface area contributed by atoms with Gasteiger partial charge in [-0.1, -0.05) is 33.3 Å². The van der Waals surface area contributed by atoms with Gasteiger partial charge in [0.2, 0.25) is 0 Å².